The second-order valence-electron chi connectivity index (χ2n) is 7.88. The molecule has 2 aromatic heterocycles. The molecule has 1 aromatic carbocycles. The number of aromatic hydroxyl groups is 1. The summed E-state index contributed by atoms with van der Waals surface area (Å²) in [5.41, 5.74) is 2.92. The smallest absolute Gasteiger partial charge is 0.147 e. The summed E-state index contributed by atoms with van der Waals surface area (Å²) < 4.78 is 14.8. The van der Waals surface area contributed by atoms with Gasteiger partial charge in [-0.25, -0.2) is 9.37 Å². The summed E-state index contributed by atoms with van der Waals surface area (Å²) in [5.74, 6) is 0.759. The van der Waals surface area contributed by atoms with Crippen LogP contribution in [-0.4, -0.2) is 56.6 Å². The molecule has 2 fully saturated rings. The average Bonchev–Trinajstić information content (AvgIpc) is 3.41. The Morgan fingerprint density at radius 3 is 2.76 bits per heavy atom. The number of phenolic OH excluding ortho intramolecular Hbond substituents is 1. The summed E-state index contributed by atoms with van der Waals surface area (Å²) in [6, 6.07) is 5.53. The van der Waals surface area contributed by atoms with Crippen LogP contribution in [0.4, 0.5) is 10.2 Å². The van der Waals surface area contributed by atoms with Gasteiger partial charge in [-0.2, -0.15) is 5.10 Å². The zero-order valence-electron chi connectivity index (χ0n) is 16.1. The number of piperidine rings is 1. The number of nitrogens with zero attached hydrogens (tertiary/aromatic N) is 4. The van der Waals surface area contributed by atoms with Crippen molar-refractivity contribution in [2.45, 2.75) is 43.6 Å². The first kappa shape index (κ1) is 18.1. The van der Waals surface area contributed by atoms with E-state index in [1.165, 1.54) is 0 Å². The van der Waals surface area contributed by atoms with E-state index >= 15 is 0 Å². The summed E-state index contributed by atoms with van der Waals surface area (Å²) in [6.07, 6.45) is 8.53. The highest BCUT2D eigenvalue weighted by atomic mass is 19.1. The molecule has 7 nitrogen and oxygen atoms in total. The maximum atomic E-state index is 14.8. The lowest BCUT2D eigenvalue weighted by molar-refractivity contribution is 0.176. The number of benzene rings is 1. The van der Waals surface area contributed by atoms with Gasteiger partial charge in [-0.15, -0.1) is 0 Å². The fraction of sp³-hybridized carbons (Fsp3) is 0.381. The molecule has 2 saturated heterocycles. The number of alkyl halides is 1. The standard InChI is InChI=1S/C21H23FN6O/c1-28(18-7-14-3-5-16(27-14)21(18)22)20-11-23-17(10-24-20)15-4-2-12(6-19(15)29)13-8-25-26-9-13/h2,4,6,8-11,14,16,18,21,27,29H,3,5,7H2,1H3,(H,25,26)/t14-,16+,18-,21-/m1/s1. The molecule has 0 spiro atoms. The number of phenols is 1. The van der Waals surface area contributed by atoms with Crippen molar-refractivity contribution in [1.82, 2.24) is 25.5 Å². The van der Waals surface area contributed by atoms with Gasteiger partial charge in [0, 0.05) is 36.5 Å². The van der Waals surface area contributed by atoms with Gasteiger partial charge in [0.15, 0.2) is 0 Å². The maximum Gasteiger partial charge on any atom is 0.147 e. The van der Waals surface area contributed by atoms with Crippen molar-refractivity contribution in [3.8, 4) is 28.1 Å². The van der Waals surface area contributed by atoms with Gasteiger partial charge < -0.3 is 15.3 Å². The topological polar surface area (TPSA) is 90.0 Å². The normalized spacial score (nSPS) is 25.9. The molecule has 3 N–H and O–H groups in total. The Morgan fingerprint density at radius 2 is 2.03 bits per heavy atom. The van der Waals surface area contributed by atoms with Gasteiger partial charge in [0.2, 0.25) is 0 Å². The molecule has 8 heteroatoms. The second-order valence-corrected chi connectivity index (χ2v) is 7.88. The summed E-state index contributed by atoms with van der Waals surface area (Å²) >= 11 is 0. The monoisotopic (exact) mass is 394 g/mol. The van der Waals surface area contributed by atoms with Crippen LogP contribution < -0.4 is 10.2 Å². The molecule has 3 aromatic rings. The highest BCUT2D eigenvalue weighted by Crippen LogP contribution is 2.34. The molecule has 4 atom stereocenters. The van der Waals surface area contributed by atoms with E-state index in [4.69, 9.17) is 0 Å². The Balaban J connectivity index is 1.36. The van der Waals surface area contributed by atoms with Crippen molar-refractivity contribution >= 4 is 5.82 Å². The second kappa shape index (κ2) is 7.11. The number of H-pyrrole nitrogens is 1. The van der Waals surface area contributed by atoms with E-state index < -0.39 is 6.17 Å². The summed E-state index contributed by atoms with van der Waals surface area (Å²) in [5, 5.41) is 20.5. The number of halogens is 1. The Kier molecular flexibility index (Phi) is 4.43. The summed E-state index contributed by atoms with van der Waals surface area (Å²) in [7, 11) is 1.88. The highest BCUT2D eigenvalue weighted by molar-refractivity contribution is 5.73. The molecule has 0 unspecified atom stereocenters. The van der Waals surface area contributed by atoms with Crippen LogP contribution in [0, 0.1) is 0 Å². The van der Waals surface area contributed by atoms with Gasteiger partial charge in [-0.3, -0.25) is 10.1 Å². The fourth-order valence-corrected chi connectivity index (χ4v) is 4.50. The first-order chi connectivity index (χ1) is 14.1. The number of hydrogen-bond acceptors (Lipinski definition) is 6. The van der Waals surface area contributed by atoms with Crippen LogP contribution in [-0.2, 0) is 0 Å². The van der Waals surface area contributed by atoms with E-state index in [1.807, 2.05) is 24.1 Å². The van der Waals surface area contributed by atoms with E-state index in [0.717, 1.165) is 30.4 Å². The number of aromatic amines is 1. The van der Waals surface area contributed by atoms with Crippen LogP contribution in [0.1, 0.15) is 19.3 Å². The predicted octanol–water partition coefficient (Wildman–Crippen LogP) is 2.91. The highest BCUT2D eigenvalue weighted by Gasteiger charge is 2.43. The van der Waals surface area contributed by atoms with Crippen molar-refractivity contribution in [3.63, 3.8) is 0 Å². The Hall–Kier alpha value is -3.00. The Labute approximate surface area is 168 Å². The van der Waals surface area contributed by atoms with E-state index in [2.05, 4.69) is 25.5 Å². The maximum absolute atomic E-state index is 14.8. The van der Waals surface area contributed by atoms with E-state index in [0.29, 0.717) is 23.1 Å². The van der Waals surface area contributed by atoms with Gasteiger partial charge in [0.05, 0.1) is 30.3 Å². The van der Waals surface area contributed by atoms with Gasteiger partial charge in [0.1, 0.15) is 17.7 Å². The Bertz CT molecular complexity index is 993. The van der Waals surface area contributed by atoms with Crippen LogP contribution in [0.15, 0.2) is 43.0 Å². The molecule has 2 bridgehead atoms. The molecule has 0 aliphatic carbocycles. The lowest BCUT2D eigenvalue weighted by Crippen LogP contribution is -2.55. The van der Waals surface area contributed by atoms with Crippen LogP contribution in [0.25, 0.3) is 22.4 Å². The van der Waals surface area contributed by atoms with Crippen molar-refractivity contribution in [2.24, 2.45) is 0 Å². The molecule has 0 amide bonds. The van der Waals surface area contributed by atoms with Crippen LogP contribution >= 0.6 is 0 Å². The molecule has 29 heavy (non-hydrogen) atoms. The van der Waals surface area contributed by atoms with Gasteiger partial charge >= 0.3 is 0 Å². The molecule has 0 saturated carbocycles. The number of fused-ring (bicyclic) bond motifs is 2. The lowest BCUT2D eigenvalue weighted by Gasteiger charge is -2.38. The van der Waals surface area contributed by atoms with Crippen molar-refractivity contribution in [3.05, 3.63) is 43.0 Å². The largest absolute Gasteiger partial charge is 0.507 e. The van der Waals surface area contributed by atoms with Crippen molar-refractivity contribution in [2.75, 3.05) is 11.9 Å². The van der Waals surface area contributed by atoms with Gasteiger partial charge in [-0.1, -0.05) is 6.07 Å². The number of anilines is 1. The van der Waals surface area contributed by atoms with E-state index in [-0.39, 0.29) is 17.8 Å². The molecular weight excluding hydrogens is 371 g/mol. The number of hydrogen-bond donors (Lipinski definition) is 3. The molecule has 150 valence electrons. The SMILES string of the molecule is CN(c1cnc(-c2ccc(-c3cn[nH]c3)cc2O)cn1)[C@@H]1C[C@H]2CC[C@H](N2)[C@H]1F. The summed E-state index contributed by atoms with van der Waals surface area (Å²) in [6.45, 7) is 0. The number of rotatable bonds is 4. The summed E-state index contributed by atoms with van der Waals surface area (Å²) in [4.78, 5) is 10.9. The van der Waals surface area contributed by atoms with Crippen LogP contribution in [0.2, 0.25) is 0 Å². The average molecular weight is 394 g/mol. The minimum atomic E-state index is -0.917. The van der Waals surface area contributed by atoms with Crippen LogP contribution in [0.3, 0.4) is 0 Å². The lowest BCUT2D eigenvalue weighted by atomic mass is 9.96. The third-order valence-corrected chi connectivity index (χ3v) is 6.16. The van der Waals surface area contributed by atoms with Gasteiger partial charge in [-0.05, 0) is 37.0 Å². The van der Waals surface area contributed by atoms with Crippen LogP contribution in [0.5, 0.6) is 5.75 Å². The minimum absolute atomic E-state index is 0.0564. The molecule has 0 radical (unpaired) electrons. The third kappa shape index (κ3) is 3.23. The molecule has 2 aliphatic heterocycles. The van der Waals surface area contributed by atoms with E-state index in [1.54, 1.807) is 30.9 Å². The predicted molar refractivity (Wildman–Crippen MR) is 108 cm³/mol. The first-order valence-electron chi connectivity index (χ1n) is 9.87. The first-order valence-corrected chi connectivity index (χ1v) is 9.87. The number of nitrogens with one attached hydrogen (secondary N) is 2. The zero-order chi connectivity index (χ0) is 20.0. The van der Waals surface area contributed by atoms with Crippen molar-refractivity contribution in [1.29, 1.82) is 0 Å². The Morgan fingerprint density at radius 1 is 1.14 bits per heavy atom. The number of aromatic nitrogens is 4. The minimum Gasteiger partial charge on any atom is -0.507 e. The molecule has 2 aliphatic rings. The zero-order valence-corrected chi connectivity index (χ0v) is 16.1. The quantitative estimate of drug-likeness (QED) is 0.630. The molecular formula is C21H23FN6O. The third-order valence-electron chi connectivity index (χ3n) is 6.16. The van der Waals surface area contributed by atoms with Gasteiger partial charge in [0.25, 0.3) is 0 Å². The van der Waals surface area contributed by atoms with Crippen molar-refractivity contribution < 1.29 is 9.50 Å². The fourth-order valence-electron chi connectivity index (χ4n) is 4.50. The van der Waals surface area contributed by atoms with E-state index in [9.17, 15) is 9.50 Å². The molecule has 5 rings (SSSR count). The molecule has 4 heterocycles.